The van der Waals surface area contributed by atoms with Gasteiger partial charge in [0.25, 0.3) is 0 Å². The number of aromatic nitrogens is 2. The summed E-state index contributed by atoms with van der Waals surface area (Å²) in [6.45, 7) is 4.73. The average Bonchev–Trinajstić information content (AvgIpc) is 3.54. The number of aliphatic hydroxyl groups is 1. The van der Waals surface area contributed by atoms with Crippen LogP contribution < -0.4 is 4.74 Å². The van der Waals surface area contributed by atoms with Gasteiger partial charge in [-0.3, -0.25) is 0 Å². The van der Waals surface area contributed by atoms with Crippen molar-refractivity contribution >= 4 is 27.5 Å². The van der Waals surface area contributed by atoms with Gasteiger partial charge in [0, 0.05) is 11.5 Å². The highest BCUT2D eigenvalue weighted by Crippen LogP contribution is 2.57. The molecule has 3 fully saturated rings. The lowest BCUT2D eigenvalue weighted by Crippen LogP contribution is -2.44. The van der Waals surface area contributed by atoms with Crippen LogP contribution >= 0.6 is 11.3 Å². The molecule has 2 N–H and O–H groups in total. The molecule has 2 bridgehead atoms. The number of aromatic carboxylic acids is 1. The minimum absolute atomic E-state index is 0.0539. The number of ether oxygens (including phenoxy) is 2. The number of hydrogen-bond donors (Lipinski definition) is 2. The summed E-state index contributed by atoms with van der Waals surface area (Å²) in [7, 11) is 0. The van der Waals surface area contributed by atoms with Crippen LogP contribution in [0.25, 0.3) is 10.2 Å². The van der Waals surface area contributed by atoms with Crippen LogP contribution in [-0.2, 0) is 23.6 Å². The molecule has 0 radical (unpaired) electrons. The minimum atomic E-state index is -1.19. The maximum Gasteiger partial charge on any atom is 0.335 e. The summed E-state index contributed by atoms with van der Waals surface area (Å²) >= 11 is 1.19. The molecule has 0 amide bonds. The molecular formula is C32H33FN2O6S. The molecule has 2 heterocycles. The van der Waals surface area contributed by atoms with E-state index in [4.69, 9.17) is 14.0 Å². The van der Waals surface area contributed by atoms with Crippen LogP contribution in [0.5, 0.6) is 5.75 Å². The molecular weight excluding hydrogens is 559 g/mol. The fourth-order valence-electron chi connectivity index (χ4n) is 6.93. The Morgan fingerprint density at radius 2 is 1.83 bits per heavy atom. The highest BCUT2D eigenvalue weighted by molar-refractivity contribution is 7.18. The van der Waals surface area contributed by atoms with Gasteiger partial charge in [0.1, 0.15) is 39.9 Å². The van der Waals surface area contributed by atoms with E-state index >= 15 is 0 Å². The first kappa shape index (κ1) is 27.5. The molecule has 7 rings (SSSR count). The number of nitrogens with zero attached hydrogens (tertiary/aromatic N) is 2. The Balaban J connectivity index is 1.07. The number of halogens is 1. The Hall–Kier alpha value is -3.34. The molecule has 0 spiro atoms. The van der Waals surface area contributed by atoms with E-state index in [2.05, 4.69) is 10.1 Å². The number of carboxylic acids is 1. The molecule has 4 aromatic rings. The van der Waals surface area contributed by atoms with Gasteiger partial charge in [-0.15, -0.1) is 11.3 Å². The molecule has 0 aliphatic heterocycles. The molecule has 220 valence electrons. The fourth-order valence-corrected chi connectivity index (χ4v) is 8.20. The predicted octanol–water partition coefficient (Wildman–Crippen LogP) is 6.79. The topological polar surface area (TPSA) is 115 Å². The third-order valence-corrected chi connectivity index (χ3v) is 10.5. The largest absolute Gasteiger partial charge is 0.487 e. The van der Waals surface area contributed by atoms with E-state index in [1.54, 1.807) is 0 Å². The van der Waals surface area contributed by atoms with E-state index in [0.717, 1.165) is 65.6 Å². The highest BCUT2D eigenvalue weighted by atomic mass is 32.1. The maximum absolute atomic E-state index is 14.7. The Morgan fingerprint density at radius 3 is 2.50 bits per heavy atom. The molecule has 4 atom stereocenters. The monoisotopic (exact) mass is 592 g/mol. The SMILES string of the molecule is Cc1cccc(C)c1OCc1noc(C2CC2)c1CO[C@@H]1CC2CC[C@@H](C1)[C@]2(O)c1nc2c(F)cc(C(=O)O)cc2s1. The molecule has 2 aromatic carbocycles. The van der Waals surface area contributed by atoms with Crippen LogP contribution in [0.3, 0.4) is 0 Å². The number of benzene rings is 2. The van der Waals surface area contributed by atoms with Gasteiger partial charge in [-0.1, -0.05) is 23.4 Å². The van der Waals surface area contributed by atoms with E-state index in [1.807, 2.05) is 32.0 Å². The molecule has 3 aliphatic rings. The number of thiazole rings is 1. The number of aryl methyl sites for hydroxylation is 2. The standard InChI is InChI=1S/C32H33FN2O6S/c1-16-4-3-5-17(2)28(16)40-15-25-23(29(41-35-25)18-6-7-18)14-39-22-12-20-8-9-21(13-22)32(20,38)31-34-27-24(33)10-19(30(36)37)11-26(27)42-31/h3-5,10-11,18,20-22,38H,6-9,12-15H2,1-2H3,(H,36,37)/t20-,21?,22-,32+/m0/s1. The molecule has 2 aromatic heterocycles. The summed E-state index contributed by atoms with van der Waals surface area (Å²) in [5.74, 6) is 0.0821. The zero-order chi connectivity index (χ0) is 29.2. The second-order valence-electron chi connectivity index (χ2n) is 12.1. The van der Waals surface area contributed by atoms with E-state index in [9.17, 15) is 19.4 Å². The number of carbonyl (C=O) groups is 1. The van der Waals surface area contributed by atoms with Crippen LogP contribution in [0.15, 0.2) is 34.9 Å². The second-order valence-corrected chi connectivity index (χ2v) is 13.1. The Labute approximate surface area is 246 Å². The van der Waals surface area contributed by atoms with E-state index in [-0.39, 0.29) is 29.0 Å². The van der Waals surface area contributed by atoms with Gasteiger partial charge >= 0.3 is 5.97 Å². The van der Waals surface area contributed by atoms with Crippen molar-refractivity contribution in [1.82, 2.24) is 10.1 Å². The number of carboxylic acid groups (broad SMARTS) is 1. The van der Waals surface area contributed by atoms with Crippen molar-refractivity contribution in [3.63, 3.8) is 0 Å². The van der Waals surface area contributed by atoms with Gasteiger partial charge in [0.15, 0.2) is 5.82 Å². The Bertz CT molecular complexity index is 1640. The zero-order valence-corrected chi connectivity index (χ0v) is 24.4. The number of hydrogen-bond acceptors (Lipinski definition) is 8. The van der Waals surface area contributed by atoms with Gasteiger partial charge in [0.2, 0.25) is 0 Å². The van der Waals surface area contributed by atoms with Crippen molar-refractivity contribution in [1.29, 1.82) is 0 Å². The Kier molecular flexibility index (Phi) is 6.83. The summed E-state index contributed by atoms with van der Waals surface area (Å²) in [4.78, 5) is 15.9. The first-order valence-corrected chi connectivity index (χ1v) is 15.4. The second kappa shape index (κ2) is 10.4. The summed E-state index contributed by atoms with van der Waals surface area (Å²) in [5, 5.41) is 26.1. The van der Waals surface area contributed by atoms with Crippen molar-refractivity contribution in [3.8, 4) is 5.75 Å². The molecule has 0 saturated heterocycles. The molecule has 1 unspecified atom stereocenters. The number of para-hydroxylation sites is 1. The van der Waals surface area contributed by atoms with Crippen molar-refractivity contribution in [2.45, 2.75) is 83.2 Å². The van der Waals surface area contributed by atoms with Crippen molar-refractivity contribution in [3.05, 3.63) is 74.9 Å². The lowest BCUT2D eigenvalue weighted by atomic mass is 9.73. The third-order valence-electron chi connectivity index (χ3n) is 9.31. The van der Waals surface area contributed by atoms with E-state index in [1.165, 1.54) is 17.4 Å². The smallest absolute Gasteiger partial charge is 0.335 e. The summed E-state index contributed by atoms with van der Waals surface area (Å²) in [5.41, 5.74) is 2.67. The Morgan fingerprint density at radius 1 is 1.12 bits per heavy atom. The predicted molar refractivity (Wildman–Crippen MR) is 153 cm³/mol. The van der Waals surface area contributed by atoms with Gasteiger partial charge in [-0.25, -0.2) is 14.2 Å². The fraction of sp³-hybridized carbons (Fsp3) is 0.469. The van der Waals surface area contributed by atoms with Gasteiger partial charge in [-0.05, 0) is 87.5 Å². The first-order chi connectivity index (χ1) is 20.2. The summed E-state index contributed by atoms with van der Waals surface area (Å²) in [6, 6.07) is 8.49. The lowest BCUT2D eigenvalue weighted by molar-refractivity contribution is -0.116. The molecule has 3 aliphatic carbocycles. The van der Waals surface area contributed by atoms with Crippen LogP contribution in [0.4, 0.5) is 4.39 Å². The molecule has 42 heavy (non-hydrogen) atoms. The summed E-state index contributed by atoms with van der Waals surface area (Å²) < 4.78 is 33.6. The normalized spacial score (nSPS) is 25.3. The van der Waals surface area contributed by atoms with Gasteiger partial charge < -0.3 is 24.2 Å². The van der Waals surface area contributed by atoms with Crippen molar-refractivity contribution in [2.75, 3.05) is 0 Å². The van der Waals surface area contributed by atoms with Crippen LogP contribution in [0.2, 0.25) is 0 Å². The van der Waals surface area contributed by atoms with Crippen molar-refractivity contribution < 1.29 is 33.4 Å². The van der Waals surface area contributed by atoms with Crippen LogP contribution in [-0.4, -0.2) is 32.4 Å². The molecule has 3 saturated carbocycles. The number of fused-ring (bicyclic) bond motifs is 3. The minimum Gasteiger partial charge on any atom is -0.487 e. The van der Waals surface area contributed by atoms with Gasteiger partial charge in [0.05, 0.1) is 23.0 Å². The number of rotatable bonds is 9. The first-order valence-electron chi connectivity index (χ1n) is 14.6. The molecule has 10 heteroatoms. The van der Waals surface area contributed by atoms with Crippen LogP contribution in [0, 0.1) is 31.5 Å². The quantitative estimate of drug-likeness (QED) is 0.218. The van der Waals surface area contributed by atoms with Gasteiger partial charge in [-0.2, -0.15) is 0 Å². The molecule has 8 nitrogen and oxygen atoms in total. The van der Waals surface area contributed by atoms with E-state index in [0.29, 0.717) is 41.7 Å². The maximum atomic E-state index is 14.7. The highest BCUT2D eigenvalue weighted by Gasteiger charge is 2.56. The summed E-state index contributed by atoms with van der Waals surface area (Å²) in [6.07, 6.45) is 5.08. The average molecular weight is 593 g/mol. The van der Waals surface area contributed by atoms with E-state index < -0.39 is 17.4 Å². The van der Waals surface area contributed by atoms with Crippen molar-refractivity contribution in [2.24, 2.45) is 11.8 Å². The lowest BCUT2D eigenvalue weighted by Gasteiger charge is -2.41. The van der Waals surface area contributed by atoms with Crippen LogP contribution in [0.1, 0.15) is 88.0 Å². The third kappa shape index (κ3) is 4.69. The zero-order valence-electron chi connectivity index (χ0n) is 23.6.